The highest BCUT2D eigenvalue weighted by Gasteiger charge is 2.32. The molecular formula is C26H41N3O4. The highest BCUT2D eigenvalue weighted by Crippen LogP contribution is 2.25. The Bertz CT molecular complexity index is 775. The third-order valence-corrected chi connectivity index (χ3v) is 6.75. The number of pyridine rings is 1. The number of rotatable bonds is 11. The number of nitrogens with one attached hydrogen (secondary N) is 2. The van der Waals surface area contributed by atoms with Gasteiger partial charge in [0.25, 0.3) is 0 Å². The number of esters is 1. The predicted molar refractivity (Wildman–Crippen MR) is 129 cm³/mol. The molecule has 1 aromatic heterocycles. The quantitative estimate of drug-likeness (QED) is 0.381. The molecular weight excluding hydrogens is 418 g/mol. The molecule has 0 radical (unpaired) electrons. The number of methoxy groups -OCH3 is 1. The van der Waals surface area contributed by atoms with E-state index in [0.29, 0.717) is 19.3 Å². The van der Waals surface area contributed by atoms with E-state index in [1.165, 1.54) is 19.1 Å². The first-order valence-electron chi connectivity index (χ1n) is 12.7. The lowest BCUT2D eigenvalue weighted by atomic mass is 9.91. The van der Waals surface area contributed by atoms with Gasteiger partial charge in [-0.1, -0.05) is 31.7 Å². The fourth-order valence-corrected chi connectivity index (χ4v) is 4.99. The van der Waals surface area contributed by atoms with E-state index in [0.717, 1.165) is 63.0 Å². The van der Waals surface area contributed by atoms with Crippen molar-refractivity contribution in [3.63, 3.8) is 0 Å². The van der Waals surface area contributed by atoms with Gasteiger partial charge in [0.15, 0.2) is 0 Å². The zero-order chi connectivity index (χ0) is 23.6. The molecule has 2 aliphatic rings. The van der Waals surface area contributed by atoms with Crippen LogP contribution in [0, 0.1) is 5.92 Å². The Kier molecular flexibility index (Phi) is 9.97. The van der Waals surface area contributed by atoms with Gasteiger partial charge in [-0.25, -0.2) is 9.78 Å². The van der Waals surface area contributed by atoms with Crippen LogP contribution >= 0.6 is 0 Å². The fraction of sp³-hybridized carbons (Fsp3) is 0.731. The van der Waals surface area contributed by atoms with Crippen molar-refractivity contribution in [2.24, 2.45) is 5.92 Å². The molecule has 2 N–H and O–H groups in total. The van der Waals surface area contributed by atoms with Crippen molar-refractivity contribution in [1.82, 2.24) is 10.3 Å². The van der Waals surface area contributed by atoms with Crippen LogP contribution in [-0.4, -0.2) is 48.8 Å². The van der Waals surface area contributed by atoms with Crippen molar-refractivity contribution in [3.8, 4) is 0 Å². The fourth-order valence-electron chi connectivity index (χ4n) is 4.99. The molecule has 7 heteroatoms. The number of anilines is 1. The van der Waals surface area contributed by atoms with Crippen LogP contribution in [-0.2, 0) is 31.9 Å². The van der Waals surface area contributed by atoms with Gasteiger partial charge in [-0.05, 0) is 70.4 Å². The van der Waals surface area contributed by atoms with Gasteiger partial charge < -0.3 is 20.1 Å². The molecule has 1 fully saturated rings. The van der Waals surface area contributed by atoms with Crippen LogP contribution in [0.15, 0.2) is 12.1 Å². The van der Waals surface area contributed by atoms with E-state index in [-0.39, 0.29) is 30.0 Å². The first-order valence-corrected chi connectivity index (χ1v) is 12.7. The van der Waals surface area contributed by atoms with Crippen LogP contribution in [0.4, 0.5) is 5.82 Å². The molecule has 3 rings (SSSR count). The largest absolute Gasteiger partial charge is 0.467 e. The smallest absolute Gasteiger partial charge is 0.328 e. The summed E-state index contributed by atoms with van der Waals surface area (Å²) in [7, 11) is 1.38. The second kappa shape index (κ2) is 12.9. The number of unbranched alkanes of at least 4 members (excludes halogenated alkanes) is 4. The van der Waals surface area contributed by atoms with E-state index < -0.39 is 6.04 Å². The zero-order valence-electron chi connectivity index (χ0n) is 20.5. The second-order valence-electron chi connectivity index (χ2n) is 9.66. The summed E-state index contributed by atoms with van der Waals surface area (Å²) in [4.78, 5) is 29.7. The third-order valence-electron chi connectivity index (χ3n) is 6.75. The molecule has 184 valence electrons. The van der Waals surface area contributed by atoms with Crippen molar-refractivity contribution in [3.05, 3.63) is 23.4 Å². The van der Waals surface area contributed by atoms with Crippen LogP contribution in [0.3, 0.4) is 0 Å². The summed E-state index contributed by atoms with van der Waals surface area (Å²) in [6, 6.07) is 3.81. The molecule has 0 spiro atoms. The van der Waals surface area contributed by atoms with E-state index in [9.17, 15) is 9.59 Å². The molecule has 1 saturated heterocycles. The Hall–Kier alpha value is -2.15. The van der Waals surface area contributed by atoms with Crippen LogP contribution in [0.25, 0.3) is 0 Å². The van der Waals surface area contributed by atoms with E-state index in [2.05, 4.69) is 22.8 Å². The van der Waals surface area contributed by atoms with Crippen LogP contribution in [0.2, 0.25) is 0 Å². The molecule has 0 aromatic carbocycles. The van der Waals surface area contributed by atoms with Gasteiger partial charge in [0.05, 0.1) is 19.3 Å². The lowest BCUT2D eigenvalue weighted by Gasteiger charge is -2.32. The van der Waals surface area contributed by atoms with Crippen LogP contribution in [0.1, 0.15) is 82.9 Å². The Labute approximate surface area is 198 Å². The van der Waals surface area contributed by atoms with Crippen molar-refractivity contribution in [2.45, 2.75) is 103 Å². The second-order valence-corrected chi connectivity index (χ2v) is 9.66. The van der Waals surface area contributed by atoms with Gasteiger partial charge in [0, 0.05) is 18.2 Å². The maximum absolute atomic E-state index is 12.7. The summed E-state index contributed by atoms with van der Waals surface area (Å²) in [5.74, 6) is 0.547. The maximum atomic E-state index is 12.7. The molecule has 2 aliphatic heterocycles. The van der Waals surface area contributed by atoms with E-state index >= 15 is 0 Å². The molecule has 0 bridgehead atoms. The number of carbonyl (C=O) groups is 2. The Morgan fingerprint density at radius 1 is 1.15 bits per heavy atom. The minimum absolute atomic E-state index is 0.0561. The monoisotopic (exact) mass is 459 g/mol. The van der Waals surface area contributed by atoms with Gasteiger partial charge in [0.2, 0.25) is 5.91 Å². The molecule has 0 aliphatic carbocycles. The molecule has 0 saturated carbocycles. The Morgan fingerprint density at radius 2 is 1.88 bits per heavy atom. The number of aromatic nitrogens is 1. The SMILES string of the molecule is COC(=O)[C@H](CCCCCCCc1ccc2c(n1)NCCC2)NC(=O)C1C[C@@H](C)O[C@@H](C)C1. The minimum Gasteiger partial charge on any atom is -0.467 e. The van der Waals surface area contributed by atoms with Gasteiger partial charge >= 0.3 is 5.97 Å². The lowest BCUT2D eigenvalue weighted by Crippen LogP contribution is -2.46. The Morgan fingerprint density at radius 3 is 2.64 bits per heavy atom. The summed E-state index contributed by atoms with van der Waals surface area (Å²) < 4.78 is 10.7. The summed E-state index contributed by atoms with van der Waals surface area (Å²) in [5, 5.41) is 6.34. The van der Waals surface area contributed by atoms with Crippen molar-refractivity contribution in [1.29, 1.82) is 0 Å². The summed E-state index contributed by atoms with van der Waals surface area (Å²) >= 11 is 0. The molecule has 1 aromatic rings. The van der Waals surface area contributed by atoms with Gasteiger partial charge in [0.1, 0.15) is 11.9 Å². The first-order chi connectivity index (χ1) is 16.0. The predicted octanol–water partition coefficient (Wildman–Crippen LogP) is 4.18. The molecule has 3 heterocycles. The number of aryl methyl sites for hydroxylation is 2. The minimum atomic E-state index is -0.567. The highest BCUT2D eigenvalue weighted by atomic mass is 16.5. The van der Waals surface area contributed by atoms with Gasteiger partial charge in [-0.2, -0.15) is 0 Å². The van der Waals surface area contributed by atoms with Crippen molar-refractivity contribution >= 4 is 17.7 Å². The van der Waals surface area contributed by atoms with E-state index in [1.54, 1.807) is 0 Å². The molecule has 1 unspecified atom stereocenters. The third kappa shape index (κ3) is 7.98. The topological polar surface area (TPSA) is 89.5 Å². The zero-order valence-corrected chi connectivity index (χ0v) is 20.5. The highest BCUT2D eigenvalue weighted by molar-refractivity contribution is 5.85. The van der Waals surface area contributed by atoms with Gasteiger partial charge in [-0.3, -0.25) is 4.79 Å². The lowest BCUT2D eigenvalue weighted by molar-refractivity contribution is -0.147. The average molecular weight is 460 g/mol. The van der Waals surface area contributed by atoms with E-state index in [1.807, 2.05) is 13.8 Å². The Balaban J connectivity index is 1.34. The summed E-state index contributed by atoms with van der Waals surface area (Å²) in [6.45, 7) is 5.00. The summed E-state index contributed by atoms with van der Waals surface area (Å²) in [5.41, 5.74) is 2.49. The number of hydrogen-bond acceptors (Lipinski definition) is 6. The van der Waals surface area contributed by atoms with Gasteiger partial charge in [-0.15, -0.1) is 0 Å². The van der Waals surface area contributed by atoms with Crippen LogP contribution < -0.4 is 10.6 Å². The first kappa shape index (κ1) is 25.5. The maximum Gasteiger partial charge on any atom is 0.328 e. The van der Waals surface area contributed by atoms with E-state index in [4.69, 9.17) is 14.5 Å². The number of ether oxygens (including phenoxy) is 2. The van der Waals surface area contributed by atoms with Crippen LogP contribution in [0.5, 0.6) is 0 Å². The number of nitrogens with zero attached hydrogens (tertiary/aromatic N) is 1. The normalized spacial score (nSPS) is 23.2. The standard InChI is InChI=1S/C26H41N3O4/c1-18-16-21(17-19(2)33-18)25(30)29-23(26(31)32-3)12-8-6-4-5-7-11-22-14-13-20-10-9-15-27-24(20)28-22/h13-14,18-19,21,23H,4-12,15-17H2,1-3H3,(H,27,28)(H,29,30)/t18-,19+,21?,23-/m0/s1. The average Bonchev–Trinajstić information content (AvgIpc) is 2.81. The molecule has 7 nitrogen and oxygen atoms in total. The van der Waals surface area contributed by atoms with Crippen molar-refractivity contribution in [2.75, 3.05) is 19.0 Å². The molecule has 4 atom stereocenters. The number of amides is 1. The molecule has 1 amide bonds. The summed E-state index contributed by atoms with van der Waals surface area (Å²) in [6.07, 6.45) is 10.7. The molecule has 33 heavy (non-hydrogen) atoms. The number of hydrogen-bond donors (Lipinski definition) is 2. The van der Waals surface area contributed by atoms with Crippen molar-refractivity contribution < 1.29 is 19.1 Å². The number of carbonyl (C=O) groups excluding carboxylic acids is 2. The number of fused-ring (bicyclic) bond motifs is 1.